The average molecular weight is 303 g/mol. The maximum absolute atomic E-state index is 9.76. The van der Waals surface area contributed by atoms with E-state index in [0.29, 0.717) is 5.92 Å². The van der Waals surface area contributed by atoms with Crippen LogP contribution in [0.1, 0.15) is 45.0 Å². The number of hydrogen-bond acceptors (Lipinski definition) is 2. The second kappa shape index (κ2) is 6.55. The fraction of sp³-hybridized carbons (Fsp3) is 0.769. The second-order valence-electron chi connectivity index (χ2n) is 4.89. The molecule has 98 valence electrons. The lowest BCUT2D eigenvalue weighted by atomic mass is 10.0. The molecular weight excluding hydrogens is 280 g/mol. The number of nitrogens with zero attached hydrogens (tertiary/aromatic N) is 2. The van der Waals surface area contributed by atoms with Crippen molar-refractivity contribution in [3.8, 4) is 0 Å². The van der Waals surface area contributed by atoms with E-state index in [4.69, 9.17) is 0 Å². The van der Waals surface area contributed by atoms with Gasteiger partial charge in [0.2, 0.25) is 0 Å². The minimum absolute atomic E-state index is 0.187. The van der Waals surface area contributed by atoms with Crippen molar-refractivity contribution in [1.29, 1.82) is 0 Å². The zero-order chi connectivity index (χ0) is 13.0. The second-order valence-corrected chi connectivity index (χ2v) is 5.68. The van der Waals surface area contributed by atoms with E-state index in [2.05, 4.69) is 41.8 Å². The predicted octanol–water partition coefficient (Wildman–Crippen LogP) is 3.08. The number of aryl methyl sites for hydroxylation is 2. The molecule has 1 rings (SSSR count). The Morgan fingerprint density at radius 1 is 1.41 bits per heavy atom. The van der Waals surface area contributed by atoms with Crippen LogP contribution >= 0.6 is 15.9 Å². The van der Waals surface area contributed by atoms with Crippen molar-refractivity contribution in [2.45, 2.75) is 52.6 Å². The highest BCUT2D eigenvalue weighted by atomic mass is 79.9. The number of aromatic nitrogens is 2. The average Bonchev–Trinajstić information content (AvgIpc) is 2.55. The Morgan fingerprint density at radius 3 is 2.53 bits per heavy atom. The summed E-state index contributed by atoms with van der Waals surface area (Å²) in [7, 11) is 1.98. The molecule has 0 saturated carbocycles. The maximum Gasteiger partial charge on any atom is 0.0766 e. The molecule has 1 aromatic heterocycles. The van der Waals surface area contributed by atoms with Crippen LogP contribution in [-0.4, -0.2) is 21.0 Å². The minimum Gasteiger partial charge on any atom is -0.393 e. The van der Waals surface area contributed by atoms with Gasteiger partial charge < -0.3 is 5.11 Å². The molecule has 0 bridgehead atoms. The van der Waals surface area contributed by atoms with Crippen LogP contribution in [0.5, 0.6) is 0 Å². The fourth-order valence-corrected chi connectivity index (χ4v) is 2.72. The van der Waals surface area contributed by atoms with Crippen molar-refractivity contribution in [2.24, 2.45) is 13.0 Å². The number of hydrogen-bond donors (Lipinski definition) is 1. The molecule has 1 unspecified atom stereocenters. The molecule has 0 saturated heterocycles. The van der Waals surface area contributed by atoms with Gasteiger partial charge in [-0.1, -0.05) is 20.8 Å². The SMILES string of the molecule is CCc1nn(C)c(CCCC(O)C(C)C)c1Br. The van der Waals surface area contributed by atoms with E-state index in [9.17, 15) is 5.11 Å². The van der Waals surface area contributed by atoms with E-state index < -0.39 is 0 Å². The Bertz CT molecular complexity index is 361. The molecule has 4 heteroatoms. The van der Waals surface area contributed by atoms with Gasteiger partial charge in [-0.25, -0.2) is 0 Å². The van der Waals surface area contributed by atoms with E-state index in [1.165, 1.54) is 5.69 Å². The molecule has 1 atom stereocenters. The highest BCUT2D eigenvalue weighted by Crippen LogP contribution is 2.23. The smallest absolute Gasteiger partial charge is 0.0766 e. The van der Waals surface area contributed by atoms with E-state index >= 15 is 0 Å². The molecule has 0 aliphatic rings. The van der Waals surface area contributed by atoms with Gasteiger partial charge in [-0.15, -0.1) is 0 Å². The third-order valence-electron chi connectivity index (χ3n) is 3.19. The molecule has 0 aliphatic carbocycles. The third-order valence-corrected chi connectivity index (χ3v) is 4.10. The van der Waals surface area contributed by atoms with E-state index in [1.54, 1.807) is 0 Å². The van der Waals surface area contributed by atoms with Crippen molar-refractivity contribution in [3.05, 3.63) is 15.9 Å². The van der Waals surface area contributed by atoms with Gasteiger partial charge in [0.1, 0.15) is 0 Å². The van der Waals surface area contributed by atoms with Crippen LogP contribution in [0.4, 0.5) is 0 Å². The number of halogens is 1. The maximum atomic E-state index is 9.76. The molecule has 0 radical (unpaired) electrons. The normalized spacial score (nSPS) is 13.4. The molecule has 0 spiro atoms. The highest BCUT2D eigenvalue weighted by Gasteiger charge is 2.14. The molecule has 0 fully saturated rings. The van der Waals surface area contributed by atoms with Crippen LogP contribution in [0, 0.1) is 5.92 Å². The van der Waals surface area contributed by atoms with Crippen LogP contribution < -0.4 is 0 Å². The fourth-order valence-electron chi connectivity index (χ4n) is 1.90. The minimum atomic E-state index is -0.187. The van der Waals surface area contributed by atoms with Crippen molar-refractivity contribution < 1.29 is 5.11 Å². The van der Waals surface area contributed by atoms with Crippen LogP contribution in [0.2, 0.25) is 0 Å². The van der Waals surface area contributed by atoms with Gasteiger partial charge in [-0.2, -0.15) is 5.10 Å². The molecule has 1 aromatic rings. The van der Waals surface area contributed by atoms with Gasteiger partial charge in [0.25, 0.3) is 0 Å². The van der Waals surface area contributed by atoms with Crippen LogP contribution in [0.15, 0.2) is 4.47 Å². The Morgan fingerprint density at radius 2 is 2.06 bits per heavy atom. The van der Waals surface area contributed by atoms with Gasteiger partial charge in [-0.3, -0.25) is 4.68 Å². The lowest BCUT2D eigenvalue weighted by Crippen LogP contribution is -2.14. The summed E-state index contributed by atoms with van der Waals surface area (Å²) in [6.45, 7) is 6.22. The Hall–Kier alpha value is -0.350. The Kier molecular flexibility index (Phi) is 5.67. The first kappa shape index (κ1) is 14.7. The summed E-state index contributed by atoms with van der Waals surface area (Å²) in [6.07, 6.45) is 3.58. The lowest BCUT2D eigenvalue weighted by Gasteiger charge is -2.13. The monoisotopic (exact) mass is 302 g/mol. The Labute approximate surface area is 112 Å². The molecule has 1 N–H and O–H groups in total. The molecular formula is C13H23BrN2O. The summed E-state index contributed by atoms with van der Waals surface area (Å²) >= 11 is 3.61. The third kappa shape index (κ3) is 3.81. The molecule has 1 heterocycles. The van der Waals surface area contributed by atoms with Crippen molar-refractivity contribution in [2.75, 3.05) is 0 Å². The van der Waals surface area contributed by atoms with Crippen molar-refractivity contribution >= 4 is 15.9 Å². The topological polar surface area (TPSA) is 38.0 Å². The molecule has 0 amide bonds. The summed E-state index contributed by atoms with van der Waals surface area (Å²) in [4.78, 5) is 0. The standard InChI is InChI=1S/C13H23BrN2O/c1-5-10-13(14)11(16(4)15-10)7-6-8-12(17)9(2)3/h9,12,17H,5-8H2,1-4H3. The van der Waals surface area contributed by atoms with Crippen LogP contribution in [-0.2, 0) is 19.9 Å². The van der Waals surface area contributed by atoms with Crippen LogP contribution in [0.3, 0.4) is 0 Å². The first-order valence-electron chi connectivity index (χ1n) is 6.35. The molecule has 0 aromatic carbocycles. The first-order chi connectivity index (χ1) is 7.97. The lowest BCUT2D eigenvalue weighted by molar-refractivity contribution is 0.114. The predicted molar refractivity (Wildman–Crippen MR) is 74.1 cm³/mol. The largest absolute Gasteiger partial charge is 0.393 e. The molecule has 17 heavy (non-hydrogen) atoms. The van der Waals surface area contributed by atoms with Gasteiger partial charge >= 0.3 is 0 Å². The van der Waals surface area contributed by atoms with Crippen molar-refractivity contribution in [1.82, 2.24) is 9.78 Å². The quantitative estimate of drug-likeness (QED) is 0.877. The summed E-state index contributed by atoms with van der Waals surface area (Å²) in [5.41, 5.74) is 2.35. The number of aliphatic hydroxyl groups excluding tert-OH is 1. The van der Waals surface area contributed by atoms with Crippen LogP contribution in [0.25, 0.3) is 0 Å². The zero-order valence-electron chi connectivity index (χ0n) is 11.2. The number of aliphatic hydroxyl groups is 1. The molecule has 0 aliphatic heterocycles. The van der Waals surface area contributed by atoms with Gasteiger partial charge in [0, 0.05) is 7.05 Å². The summed E-state index contributed by atoms with van der Waals surface area (Å²) in [6, 6.07) is 0. The molecule has 3 nitrogen and oxygen atoms in total. The highest BCUT2D eigenvalue weighted by molar-refractivity contribution is 9.10. The van der Waals surface area contributed by atoms with E-state index in [0.717, 1.165) is 35.8 Å². The van der Waals surface area contributed by atoms with Gasteiger partial charge in [0.05, 0.1) is 22.0 Å². The zero-order valence-corrected chi connectivity index (χ0v) is 12.8. The summed E-state index contributed by atoms with van der Waals surface area (Å²) in [5.74, 6) is 0.344. The summed E-state index contributed by atoms with van der Waals surface area (Å²) < 4.78 is 3.09. The van der Waals surface area contributed by atoms with E-state index in [1.807, 2.05) is 11.7 Å². The first-order valence-corrected chi connectivity index (χ1v) is 7.15. The van der Waals surface area contributed by atoms with Gasteiger partial charge in [-0.05, 0) is 47.5 Å². The van der Waals surface area contributed by atoms with Gasteiger partial charge in [0.15, 0.2) is 0 Å². The van der Waals surface area contributed by atoms with Crippen molar-refractivity contribution in [3.63, 3.8) is 0 Å². The number of rotatable bonds is 6. The Balaban J connectivity index is 2.55. The van der Waals surface area contributed by atoms with E-state index in [-0.39, 0.29) is 6.10 Å². The summed E-state index contributed by atoms with van der Waals surface area (Å²) in [5, 5.41) is 14.2.